The molecule has 0 unspecified atom stereocenters. The van der Waals surface area contributed by atoms with Crippen molar-refractivity contribution in [3.63, 3.8) is 0 Å². The van der Waals surface area contributed by atoms with E-state index in [4.69, 9.17) is 0 Å². The molecule has 52 valence electrons. The first-order valence-electron chi connectivity index (χ1n) is 2.90. The van der Waals surface area contributed by atoms with Gasteiger partial charge < -0.3 is 0 Å². The summed E-state index contributed by atoms with van der Waals surface area (Å²) in [6, 6.07) is 7.41. The van der Waals surface area contributed by atoms with Gasteiger partial charge in [0.05, 0.1) is 0 Å². The molecule has 3 heteroatoms. The number of nitrogens with zero attached hydrogens (tertiary/aromatic N) is 1. The molecule has 0 saturated carbocycles. The van der Waals surface area contributed by atoms with Crippen LogP contribution in [-0.2, 0) is 6.54 Å². The van der Waals surface area contributed by atoms with Gasteiger partial charge >= 0.3 is 0 Å². The Labute approximate surface area is 64.6 Å². The third-order valence-corrected chi connectivity index (χ3v) is 1.66. The molecule has 1 aromatic rings. The Morgan fingerprint density at radius 1 is 1.40 bits per heavy atom. The largest absolute Gasteiger partial charge is 0.150 e. The summed E-state index contributed by atoms with van der Waals surface area (Å²) in [5, 5.41) is 2.77. The molecular weight excluding hydrogens is 146 g/mol. The minimum atomic E-state index is 0.208. The summed E-state index contributed by atoms with van der Waals surface area (Å²) in [7, 11) is 0. The van der Waals surface area contributed by atoms with Gasteiger partial charge in [0, 0.05) is 4.90 Å². The van der Waals surface area contributed by atoms with Crippen molar-refractivity contribution >= 4 is 12.6 Å². The summed E-state index contributed by atoms with van der Waals surface area (Å²) in [5.41, 5.74) is 0.876. The summed E-state index contributed by atoms with van der Waals surface area (Å²) >= 11 is 4.13. The van der Waals surface area contributed by atoms with Crippen LogP contribution in [0.25, 0.3) is 0 Å². The standard InChI is InChI=1S/C7H7NOS/c9-8-5-6-3-1-2-4-7(6)10/h1-4,10H,5H2. The van der Waals surface area contributed by atoms with Gasteiger partial charge in [-0.1, -0.05) is 23.4 Å². The van der Waals surface area contributed by atoms with Gasteiger partial charge in [-0.3, -0.25) is 0 Å². The molecule has 0 spiro atoms. The predicted molar refractivity (Wildman–Crippen MR) is 43.2 cm³/mol. The van der Waals surface area contributed by atoms with Gasteiger partial charge in [0.1, 0.15) is 6.54 Å². The lowest BCUT2D eigenvalue weighted by atomic mass is 10.2. The van der Waals surface area contributed by atoms with Gasteiger partial charge in [0.25, 0.3) is 0 Å². The van der Waals surface area contributed by atoms with E-state index in [1.165, 1.54) is 0 Å². The van der Waals surface area contributed by atoms with E-state index in [9.17, 15) is 4.91 Å². The van der Waals surface area contributed by atoms with Crippen LogP contribution in [0.5, 0.6) is 0 Å². The maximum absolute atomic E-state index is 9.84. The van der Waals surface area contributed by atoms with Gasteiger partial charge in [-0.2, -0.15) is 4.91 Å². The Morgan fingerprint density at radius 3 is 2.70 bits per heavy atom. The van der Waals surface area contributed by atoms with Crippen molar-refractivity contribution in [2.24, 2.45) is 5.18 Å². The zero-order chi connectivity index (χ0) is 7.40. The van der Waals surface area contributed by atoms with Crippen LogP contribution < -0.4 is 0 Å². The Bertz CT molecular complexity index is 237. The van der Waals surface area contributed by atoms with E-state index in [1.54, 1.807) is 0 Å². The number of thiol groups is 1. The molecule has 0 atom stereocenters. The van der Waals surface area contributed by atoms with E-state index < -0.39 is 0 Å². The smallest absolute Gasteiger partial charge is 0.107 e. The Morgan fingerprint density at radius 2 is 2.10 bits per heavy atom. The van der Waals surface area contributed by atoms with Crippen LogP contribution in [0.3, 0.4) is 0 Å². The van der Waals surface area contributed by atoms with Crippen LogP contribution in [0.4, 0.5) is 0 Å². The fourth-order valence-corrected chi connectivity index (χ4v) is 0.945. The monoisotopic (exact) mass is 153 g/mol. The molecule has 0 aliphatic heterocycles. The molecule has 1 aromatic carbocycles. The summed E-state index contributed by atoms with van der Waals surface area (Å²) in [5.74, 6) is 0. The number of hydrogen-bond acceptors (Lipinski definition) is 3. The van der Waals surface area contributed by atoms with Gasteiger partial charge in [-0.25, -0.2) is 0 Å². The molecule has 1 rings (SSSR count). The molecule has 10 heavy (non-hydrogen) atoms. The van der Waals surface area contributed by atoms with Gasteiger partial charge in [0.15, 0.2) is 0 Å². The fraction of sp³-hybridized carbons (Fsp3) is 0.143. The second-order valence-corrected chi connectivity index (χ2v) is 2.40. The van der Waals surface area contributed by atoms with E-state index in [1.807, 2.05) is 24.3 Å². The highest BCUT2D eigenvalue weighted by atomic mass is 32.1. The van der Waals surface area contributed by atoms with Gasteiger partial charge in [-0.15, -0.1) is 12.6 Å². The second kappa shape index (κ2) is 3.37. The van der Waals surface area contributed by atoms with Crippen molar-refractivity contribution in [2.75, 3.05) is 0 Å². The third kappa shape index (κ3) is 1.57. The molecule has 2 nitrogen and oxygen atoms in total. The van der Waals surface area contributed by atoms with Crippen molar-refractivity contribution in [1.82, 2.24) is 0 Å². The Balaban J connectivity index is 2.91. The van der Waals surface area contributed by atoms with Crippen LogP contribution >= 0.6 is 12.6 Å². The fourth-order valence-electron chi connectivity index (χ4n) is 0.714. The highest BCUT2D eigenvalue weighted by Crippen LogP contribution is 2.12. The maximum atomic E-state index is 9.84. The van der Waals surface area contributed by atoms with E-state index in [0.717, 1.165) is 10.5 Å². The normalized spacial score (nSPS) is 9.30. The topological polar surface area (TPSA) is 29.4 Å². The lowest BCUT2D eigenvalue weighted by Gasteiger charge is -1.96. The van der Waals surface area contributed by atoms with Crippen LogP contribution in [0.15, 0.2) is 34.3 Å². The average Bonchev–Trinajstić information content (AvgIpc) is 1.94. The quantitative estimate of drug-likeness (QED) is 0.512. The molecule has 0 aliphatic carbocycles. The van der Waals surface area contributed by atoms with Crippen molar-refractivity contribution in [3.05, 3.63) is 34.7 Å². The Kier molecular flexibility index (Phi) is 2.45. The summed E-state index contributed by atoms with van der Waals surface area (Å²) in [6.45, 7) is 0.208. The van der Waals surface area contributed by atoms with E-state index in [0.29, 0.717) is 0 Å². The second-order valence-electron chi connectivity index (χ2n) is 1.92. The average molecular weight is 153 g/mol. The van der Waals surface area contributed by atoms with Crippen LogP contribution in [0.2, 0.25) is 0 Å². The molecule has 0 amide bonds. The number of hydrogen-bond donors (Lipinski definition) is 1. The van der Waals surface area contributed by atoms with Crippen molar-refractivity contribution in [1.29, 1.82) is 0 Å². The molecule has 0 heterocycles. The molecule has 0 bridgehead atoms. The van der Waals surface area contributed by atoms with Crippen molar-refractivity contribution < 1.29 is 0 Å². The summed E-state index contributed by atoms with van der Waals surface area (Å²) < 4.78 is 0. The molecule has 0 radical (unpaired) electrons. The SMILES string of the molecule is O=NCc1ccccc1S. The third-order valence-electron chi connectivity index (χ3n) is 1.23. The highest BCUT2D eigenvalue weighted by molar-refractivity contribution is 7.80. The molecule has 0 aliphatic rings. The highest BCUT2D eigenvalue weighted by Gasteiger charge is 1.94. The first-order valence-corrected chi connectivity index (χ1v) is 3.35. The van der Waals surface area contributed by atoms with Gasteiger partial charge in [0.2, 0.25) is 0 Å². The molecule has 0 saturated heterocycles. The first kappa shape index (κ1) is 7.28. The minimum Gasteiger partial charge on any atom is -0.150 e. The molecule has 0 N–H and O–H groups in total. The minimum absolute atomic E-state index is 0.208. The van der Waals surface area contributed by atoms with E-state index >= 15 is 0 Å². The maximum Gasteiger partial charge on any atom is 0.107 e. The number of nitroso groups, excluding NO2 is 1. The van der Waals surface area contributed by atoms with E-state index in [2.05, 4.69) is 17.8 Å². The summed E-state index contributed by atoms with van der Waals surface area (Å²) in [4.78, 5) is 10.7. The molecule has 0 fully saturated rings. The Hall–Kier alpha value is -0.830. The van der Waals surface area contributed by atoms with Crippen molar-refractivity contribution in [3.8, 4) is 0 Å². The van der Waals surface area contributed by atoms with E-state index in [-0.39, 0.29) is 6.54 Å². The first-order chi connectivity index (χ1) is 4.84. The zero-order valence-electron chi connectivity index (χ0n) is 5.32. The molecule has 0 aromatic heterocycles. The molecular formula is C7H7NOS. The van der Waals surface area contributed by atoms with Gasteiger partial charge in [-0.05, 0) is 11.6 Å². The van der Waals surface area contributed by atoms with Crippen molar-refractivity contribution in [2.45, 2.75) is 11.4 Å². The lowest BCUT2D eigenvalue weighted by Crippen LogP contribution is -1.80. The lowest BCUT2D eigenvalue weighted by molar-refractivity contribution is 1.02. The van der Waals surface area contributed by atoms with Crippen LogP contribution in [0.1, 0.15) is 5.56 Å². The number of rotatable bonds is 2. The van der Waals surface area contributed by atoms with Crippen LogP contribution in [-0.4, -0.2) is 0 Å². The number of benzene rings is 1. The zero-order valence-corrected chi connectivity index (χ0v) is 6.21. The van der Waals surface area contributed by atoms with Crippen LogP contribution in [0, 0.1) is 4.91 Å². The predicted octanol–water partition coefficient (Wildman–Crippen LogP) is 2.24. The summed E-state index contributed by atoms with van der Waals surface area (Å²) in [6.07, 6.45) is 0.